The van der Waals surface area contributed by atoms with Gasteiger partial charge in [-0.2, -0.15) is 13.2 Å². The molecule has 0 aromatic rings. The molecule has 0 fully saturated rings. The standard InChI is InChI=1S/C13H25F3O2/c14-13(15,16)9-8-12-18-11-7-5-3-1-2-4-6-10-17/h17H,1-12H2. The molecular weight excluding hydrogens is 245 g/mol. The minimum Gasteiger partial charge on any atom is -0.396 e. The minimum absolute atomic E-state index is 0.0602. The van der Waals surface area contributed by atoms with Gasteiger partial charge in [-0.3, -0.25) is 0 Å². The van der Waals surface area contributed by atoms with Crippen molar-refractivity contribution >= 4 is 0 Å². The lowest BCUT2D eigenvalue weighted by Gasteiger charge is -2.06. The summed E-state index contributed by atoms with van der Waals surface area (Å²) in [7, 11) is 0. The normalized spacial score (nSPS) is 12.0. The number of ether oxygens (including phenoxy) is 1. The number of hydrogen-bond acceptors (Lipinski definition) is 2. The van der Waals surface area contributed by atoms with E-state index in [4.69, 9.17) is 9.84 Å². The first-order valence-electron chi connectivity index (χ1n) is 6.81. The van der Waals surface area contributed by atoms with Crippen molar-refractivity contribution in [1.29, 1.82) is 0 Å². The molecule has 0 aromatic heterocycles. The van der Waals surface area contributed by atoms with Crippen molar-refractivity contribution in [1.82, 2.24) is 0 Å². The van der Waals surface area contributed by atoms with Crippen molar-refractivity contribution in [3.8, 4) is 0 Å². The largest absolute Gasteiger partial charge is 0.396 e. The maximum atomic E-state index is 11.8. The summed E-state index contributed by atoms with van der Waals surface area (Å²) >= 11 is 0. The van der Waals surface area contributed by atoms with Gasteiger partial charge in [-0.25, -0.2) is 0 Å². The molecule has 0 saturated heterocycles. The average molecular weight is 270 g/mol. The quantitative estimate of drug-likeness (QED) is 0.542. The van der Waals surface area contributed by atoms with Crippen LogP contribution >= 0.6 is 0 Å². The first-order valence-corrected chi connectivity index (χ1v) is 6.81. The smallest absolute Gasteiger partial charge is 0.389 e. The van der Waals surface area contributed by atoms with E-state index in [-0.39, 0.29) is 19.6 Å². The van der Waals surface area contributed by atoms with Gasteiger partial charge in [0.25, 0.3) is 0 Å². The van der Waals surface area contributed by atoms with Gasteiger partial charge in [0.15, 0.2) is 0 Å². The number of alkyl halides is 3. The van der Waals surface area contributed by atoms with Gasteiger partial charge >= 0.3 is 6.18 Å². The number of unbranched alkanes of at least 4 members (excludes halogenated alkanes) is 6. The van der Waals surface area contributed by atoms with E-state index < -0.39 is 12.6 Å². The highest BCUT2D eigenvalue weighted by Crippen LogP contribution is 2.21. The zero-order valence-electron chi connectivity index (χ0n) is 11.0. The molecule has 110 valence electrons. The molecule has 0 aliphatic heterocycles. The fourth-order valence-electron chi connectivity index (χ4n) is 1.68. The second kappa shape index (κ2) is 11.8. The number of hydrogen-bond donors (Lipinski definition) is 1. The highest BCUT2D eigenvalue weighted by atomic mass is 19.4. The van der Waals surface area contributed by atoms with Crippen molar-refractivity contribution in [2.24, 2.45) is 0 Å². The van der Waals surface area contributed by atoms with Crippen LogP contribution in [0.15, 0.2) is 0 Å². The van der Waals surface area contributed by atoms with Gasteiger partial charge in [-0.15, -0.1) is 0 Å². The Bertz CT molecular complexity index is 172. The Morgan fingerprint density at radius 1 is 0.722 bits per heavy atom. The summed E-state index contributed by atoms with van der Waals surface area (Å²) in [6.45, 7) is 1.04. The van der Waals surface area contributed by atoms with E-state index in [9.17, 15) is 13.2 Å². The molecule has 2 nitrogen and oxygen atoms in total. The maximum absolute atomic E-state index is 11.8. The lowest BCUT2D eigenvalue weighted by atomic mass is 10.1. The van der Waals surface area contributed by atoms with Crippen LogP contribution in [0, 0.1) is 0 Å². The zero-order chi connectivity index (χ0) is 13.7. The van der Waals surface area contributed by atoms with Crippen molar-refractivity contribution in [2.45, 2.75) is 64.0 Å². The average Bonchev–Trinajstić information content (AvgIpc) is 2.29. The van der Waals surface area contributed by atoms with Gasteiger partial charge in [0, 0.05) is 26.2 Å². The topological polar surface area (TPSA) is 29.5 Å². The summed E-state index contributed by atoms with van der Waals surface area (Å²) in [5.41, 5.74) is 0. The fourth-order valence-corrected chi connectivity index (χ4v) is 1.68. The zero-order valence-corrected chi connectivity index (χ0v) is 11.0. The van der Waals surface area contributed by atoms with Gasteiger partial charge < -0.3 is 9.84 Å². The van der Waals surface area contributed by atoms with Crippen LogP contribution < -0.4 is 0 Å². The monoisotopic (exact) mass is 270 g/mol. The SMILES string of the molecule is OCCCCCCCCCOCCCC(F)(F)F. The Morgan fingerprint density at radius 2 is 1.22 bits per heavy atom. The summed E-state index contributed by atoms with van der Waals surface area (Å²) < 4.78 is 40.5. The van der Waals surface area contributed by atoms with E-state index in [1.165, 1.54) is 0 Å². The second-order valence-corrected chi connectivity index (χ2v) is 4.53. The first kappa shape index (κ1) is 17.7. The van der Waals surface area contributed by atoms with Crippen LogP contribution in [0.25, 0.3) is 0 Å². The number of aliphatic hydroxyl groups is 1. The predicted molar refractivity (Wildman–Crippen MR) is 65.5 cm³/mol. The maximum Gasteiger partial charge on any atom is 0.389 e. The lowest BCUT2D eigenvalue weighted by molar-refractivity contribution is -0.137. The van der Waals surface area contributed by atoms with Crippen molar-refractivity contribution in [2.75, 3.05) is 19.8 Å². The van der Waals surface area contributed by atoms with Crippen molar-refractivity contribution in [3.63, 3.8) is 0 Å². The molecule has 0 rings (SSSR count). The minimum atomic E-state index is -4.06. The van der Waals surface area contributed by atoms with E-state index in [1.54, 1.807) is 0 Å². The Balaban J connectivity index is 2.99. The lowest BCUT2D eigenvalue weighted by Crippen LogP contribution is -2.09. The summed E-state index contributed by atoms with van der Waals surface area (Å²) in [6.07, 6.45) is 2.63. The van der Waals surface area contributed by atoms with Crippen LogP contribution in [-0.4, -0.2) is 31.1 Å². The molecule has 5 heteroatoms. The Labute approximate surface area is 108 Å². The first-order chi connectivity index (χ1) is 8.56. The summed E-state index contributed by atoms with van der Waals surface area (Å²) in [6, 6.07) is 0. The molecule has 18 heavy (non-hydrogen) atoms. The molecule has 0 unspecified atom stereocenters. The molecule has 0 radical (unpaired) electrons. The molecule has 0 aliphatic rings. The molecule has 0 atom stereocenters. The highest BCUT2D eigenvalue weighted by molar-refractivity contribution is 4.50. The van der Waals surface area contributed by atoms with E-state index >= 15 is 0 Å². The Hall–Kier alpha value is -0.290. The molecule has 0 aromatic carbocycles. The molecule has 0 bridgehead atoms. The molecule has 0 spiro atoms. The Kier molecular flexibility index (Phi) is 11.6. The fraction of sp³-hybridized carbons (Fsp3) is 1.00. The molecular formula is C13H25F3O2. The van der Waals surface area contributed by atoms with E-state index in [1.807, 2.05) is 0 Å². The third-order valence-electron chi connectivity index (χ3n) is 2.70. The van der Waals surface area contributed by atoms with Crippen LogP contribution in [0.2, 0.25) is 0 Å². The van der Waals surface area contributed by atoms with Crippen molar-refractivity contribution in [3.05, 3.63) is 0 Å². The highest BCUT2D eigenvalue weighted by Gasteiger charge is 2.25. The number of aliphatic hydroxyl groups excluding tert-OH is 1. The number of halogens is 3. The van der Waals surface area contributed by atoms with Gasteiger partial charge in [0.1, 0.15) is 0 Å². The van der Waals surface area contributed by atoms with Crippen molar-refractivity contribution < 1.29 is 23.0 Å². The molecule has 0 amide bonds. The number of rotatable bonds is 12. The molecule has 1 N–H and O–H groups in total. The summed E-state index contributed by atoms with van der Waals surface area (Å²) in [4.78, 5) is 0. The van der Waals surface area contributed by atoms with E-state index in [2.05, 4.69) is 0 Å². The van der Waals surface area contributed by atoms with Crippen LogP contribution in [0.3, 0.4) is 0 Å². The predicted octanol–water partition coefficient (Wildman–Crippen LogP) is 4.07. The third-order valence-corrected chi connectivity index (χ3v) is 2.70. The van der Waals surface area contributed by atoms with Gasteiger partial charge in [-0.1, -0.05) is 32.1 Å². The molecule has 0 saturated carbocycles. The van der Waals surface area contributed by atoms with Gasteiger partial charge in [0.05, 0.1) is 0 Å². The van der Waals surface area contributed by atoms with Gasteiger partial charge in [0.2, 0.25) is 0 Å². The Morgan fingerprint density at radius 3 is 1.78 bits per heavy atom. The van der Waals surface area contributed by atoms with E-state index in [0.717, 1.165) is 44.9 Å². The molecule has 0 aliphatic carbocycles. The third kappa shape index (κ3) is 15.7. The molecule has 0 heterocycles. The van der Waals surface area contributed by atoms with Crippen LogP contribution in [-0.2, 0) is 4.74 Å². The van der Waals surface area contributed by atoms with Crippen LogP contribution in [0.5, 0.6) is 0 Å². The van der Waals surface area contributed by atoms with E-state index in [0.29, 0.717) is 6.61 Å². The van der Waals surface area contributed by atoms with Crippen LogP contribution in [0.1, 0.15) is 57.8 Å². The summed E-state index contributed by atoms with van der Waals surface area (Å²) in [5, 5.41) is 8.57. The second-order valence-electron chi connectivity index (χ2n) is 4.53. The summed E-state index contributed by atoms with van der Waals surface area (Å²) in [5.74, 6) is 0. The van der Waals surface area contributed by atoms with Crippen LogP contribution in [0.4, 0.5) is 13.2 Å². The van der Waals surface area contributed by atoms with Gasteiger partial charge in [-0.05, 0) is 19.3 Å².